The number of aliphatic imine (C=N–C) groups is 1. The van der Waals surface area contributed by atoms with Crippen LogP contribution in [0.5, 0.6) is 0 Å². The molecule has 192 valence electrons. The van der Waals surface area contributed by atoms with E-state index in [9.17, 15) is 14.4 Å². The highest BCUT2D eigenvalue weighted by Crippen LogP contribution is 2.29. The van der Waals surface area contributed by atoms with E-state index >= 15 is 0 Å². The van der Waals surface area contributed by atoms with E-state index in [4.69, 9.17) is 32.7 Å². The van der Waals surface area contributed by atoms with E-state index in [1.807, 2.05) is 13.0 Å². The SMILES string of the molecule is CCC1=C(OC)N=C2NC(=O)C(C(=O)Nc3cc(C(=O)OCc4cccc(Cl)c4)ccc3Cl)CC2=CC1. The van der Waals surface area contributed by atoms with Crippen molar-refractivity contribution in [3.63, 3.8) is 0 Å². The van der Waals surface area contributed by atoms with Crippen LogP contribution in [-0.4, -0.2) is 30.7 Å². The second-order valence-electron chi connectivity index (χ2n) is 8.50. The highest BCUT2D eigenvalue weighted by molar-refractivity contribution is 6.34. The summed E-state index contributed by atoms with van der Waals surface area (Å²) >= 11 is 12.2. The molecule has 37 heavy (non-hydrogen) atoms. The van der Waals surface area contributed by atoms with Crippen molar-refractivity contribution in [2.45, 2.75) is 32.8 Å². The van der Waals surface area contributed by atoms with E-state index in [0.717, 1.165) is 23.1 Å². The van der Waals surface area contributed by atoms with Gasteiger partial charge in [-0.25, -0.2) is 4.79 Å². The summed E-state index contributed by atoms with van der Waals surface area (Å²) in [5.74, 6) is -1.79. The van der Waals surface area contributed by atoms with Crippen molar-refractivity contribution in [3.8, 4) is 0 Å². The molecule has 0 aromatic heterocycles. The van der Waals surface area contributed by atoms with Crippen LogP contribution in [0.15, 0.2) is 70.6 Å². The number of amides is 2. The second kappa shape index (κ2) is 11.6. The zero-order valence-corrected chi connectivity index (χ0v) is 21.8. The number of anilines is 1. The van der Waals surface area contributed by atoms with Gasteiger partial charge in [-0.1, -0.05) is 48.3 Å². The van der Waals surface area contributed by atoms with E-state index in [1.54, 1.807) is 24.3 Å². The van der Waals surface area contributed by atoms with Crippen molar-refractivity contribution in [2.75, 3.05) is 12.4 Å². The Balaban J connectivity index is 1.45. The Kier molecular flexibility index (Phi) is 8.31. The number of carbonyl (C=O) groups is 3. The Morgan fingerprint density at radius 1 is 1.19 bits per heavy atom. The van der Waals surface area contributed by atoms with Crippen LogP contribution in [0.25, 0.3) is 0 Å². The molecule has 2 amide bonds. The Morgan fingerprint density at radius 3 is 2.73 bits per heavy atom. The lowest BCUT2D eigenvalue weighted by Gasteiger charge is -2.25. The van der Waals surface area contributed by atoms with Gasteiger partial charge in [0.15, 0.2) is 0 Å². The summed E-state index contributed by atoms with van der Waals surface area (Å²) in [6.45, 7) is 2.03. The zero-order valence-electron chi connectivity index (χ0n) is 20.3. The molecule has 2 heterocycles. The molecule has 2 aliphatic heterocycles. The molecule has 2 aromatic carbocycles. The number of benzene rings is 2. The average molecular weight is 542 g/mol. The number of hydrogen-bond acceptors (Lipinski definition) is 6. The van der Waals surface area contributed by atoms with Crippen LogP contribution >= 0.6 is 23.2 Å². The Bertz CT molecular complexity index is 1350. The summed E-state index contributed by atoms with van der Waals surface area (Å²) in [6.07, 6.45) is 3.48. The molecular weight excluding hydrogens is 517 g/mol. The van der Waals surface area contributed by atoms with Gasteiger partial charge < -0.3 is 20.1 Å². The Hall–Kier alpha value is -3.62. The summed E-state index contributed by atoms with van der Waals surface area (Å²) in [6, 6.07) is 11.4. The predicted octanol–water partition coefficient (Wildman–Crippen LogP) is 5.42. The third kappa shape index (κ3) is 6.21. The van der Waals surface area contributed by atoms with Gasteiger partial charge in [-0.15, -0.1) is 0 Å². The van der Waals surface area contributed by atoms with Gasteiger partial charge >= 0.3 is 5.97 Å². The smallest absolute Gasteiger partial charge is 0.338 e. The summed E-state index contributed by atoms with van der Waals surface area (Å²) in [4.78, 5) is 42.9. The number of carbonyl (C=O) groups excluding carboxylic acids is 3. The number of fused-ring (bicyclic) bond motifs is 1. The number of ether oxygens (including phenoxy) is 2. The molecule has 2 aliphatic rings. The van der Waals surface area contributed by atoms with E-state index in [-0.39, 0.29) is 29.3 Å². The number of methoxy groups -OCH3 is 1. The minimum atomic E-state index is -1.01. The van der Waals surface area contributed by atoms with Crippen LogP contribution in [0.3, 0.4) is 0 Å². The Morgan fingerprint density at radius 2 is 2.00 bits per heavy atom. The molecule has 2 N–H and O–H groups in total. The standard InChI is InChI=1S/C27H25Cl2N3O5/c1-3-16-7-8-17-12-20(25(34)31-23(17)32-26(16)36-2)24(33)30-22-13-18(9-10-21(22)29)27(35)37-14-15-5-4-6-19(28)11-15/h4-6,8-11,13,20H,3,7,12,14H2,1-2H3,(H,30,33)(H,31,32,34). The number of nitrogens with zero attached hydrogens (tertiary/aromatic N) is 1. The molecule has 1 saturated heterocycles. The molecule has 0 saturated carbocycles. The van der Waals surface area contributed by atoms with Crippen LogP contribution in [0.1, 0.15) is 42.1 Å². The number of piperidine rings is 1. The van der Waals surface area contributed by atoms with Crippen LogP contribution in [-0.2, 0) is 25.7 Å². The van der Waals surface area contributed by atoms with Gasteiger partial charge in [0, 0.05) is 5.02 Å². The van der Waals surface area contributed by atoms with Crippen molar-refractivity contribution in [1.29, 1.82) is 0 Å². The third-order valence-corrected chi connectivity index (χ3v) is 6.62. The van der Waals surface area contributed by atoms with Gasteiger partial charge in [0.1, 0.15) is 18.4 Å². The highest BCUT2D eigenvalue weighted by Gasteiger charge is 2.35. The monoisotopic (exact) mass is 541 g/mol. The molecule has 4 rings (SSSR count). The molecule has 0 bridgehead atoms. The van der Waals surface area contributed by atoms with Gasteiger partial charge in [0.05, 0.1) is 23.4 Å². The zero-order chi connectivity index (χ0) is 26.5. The van der Waals surface area contributed by atoms with Gasteiger partial charge in [-0.05, 0) is 66.3 Å². The van der Waals surface area contributed by atoms with E-state index in [2.05, 4.69) is 15.6 Å². The van der Waals surface area contributed by atoms with Crippen molar-refractivity contribution in [3.05, 3.63) is 86.7 Å². The van der Waals surface area contributed by atoms with Crippen molar-refractivity contribution in [2.24, 2.45) is 10.9 Å². The third-order valence-electron chi connectivity index (χ3n) is 6.05. The lowest BCUT2D eigenvalue weighted by atomic mass is 9.91. The number of nitrogens with one attached hydrogen (secondary N) is 2. The molecule has 0 spiro atoms. The second-order valence-corrected chi connectivity index (χ2v) is 9.34. The maximum absolute atomic E-state index is 13.1. The van der Waals surface area contributed by atoms with Crippen LogP contribution in [0.2, 0.25) is 10.0 Å². The molecule has 10 heteroatoms. The van der Waals surface area contributed by atoms with Crippen molar-refractivity contribution in [1.82, 2.24) is 5.32 Å². The fraction of sp³-hybridized carbons (Fsp3) is 0.259. The number of hydrogen-bond donors (Lipinski definition) is 2. The number of amidine groups is 1. The quantitative estimate of drug-likeness (QED) is 0.359. The van der Waals surface area contributed by atoms with Gasteiger partial charge in [0.2, 0.25) is 17.7 Å². The van der Waals surface area contributed by atoms with E-state index in [1.165, 1.54) is 25.3 Å². The van der Waals surface area contributed by atoms with Gasteiger partial charge in [-0.2, -0.15) is 4.99 Å². The number of halogens is 2. The van der Waals surface area contributed by atoms with Crippen LogP contribution in [0.4, 0.5) is 5.69 Å². The minimum Gasteiger partial charge on any atom is -0.481 e. The first-order valence-electron chi connectivity index (χ1n) is 11.7. The summed E-state index contributed by atoms with van der Waals surface area (Å²) in [5.41, 5.74) is 2.88. The largest absolute Gasteiger partial charge is 0.481 e. The summed E-state index contributed by atoms with van der Waals surface area (Å²) < 4.78 is 10.7. The first kappa shape index (κ1) is 26.4. The number of allylic oxidation sites excluding steroid dienone is 2. The van der Waals surface area contributed by atoms with E-state index < -0.39 is 23.7 Å². The van der Waals surface area contributed by atoms with Gasteiger partial charge in [-0.3, -0.25) is 9.59 Å². The summed E-state index contributed by atoms with van der Waals surface area (Å²) in [5, 5.41) is 6.15. The lowest BCUT2D eigenvalue weighted by Crippen LogP contribution is -2.47. The molecule has 1 atom stereocenters. The average Bonchev–Trinajstić information content (AvgIpc) is 3.06. The maximum atomic E-state index is 13.1. The first-order chi connectivity index (χ1) is 17.8. The fourth-order valence-corrected chi connectivity index (χ4v) is 4.39. The molecule has 0 radical (unpaired) electrons. The normalized spacial score (nSPS) is 17.1. The molecule has 1 fully saturated rings. The topological polar surface area (TPSA) is 106 Å². The first-order valence-corrected chi connectivity index (χ1v) is 12.4. The molecule has 8 nitrogen and oxygen atoms in total. The van der Waals surface area contributed by atoms with Crippen molar-refractivity contribution >= 4 is 52.5 Å². The predicted molar refractivity (Wildman–Crippen MR) is 141 cm³/mol. The summed E-state index contributed by atoms with van der Waals surface area (Å²) in [7, 11) is 1.53. The number of esters is 1. The number of rotatable bonds is 7. The molecule has 0 aliphatic carbocycles. The van der Waals surface area contributed by atoms with Crippen LogP contribution < -0.4 is 10.6 Å². The highest BCUT2D eigenvalue weighted by atomic mass is 35.5. The fourth-order valence-electron chi connectivity index (χ4n) is 4.01. The van der Waals surface area contributed by atoms with E-state index in [0.29, 0.717) is 23.2 Å². The lowest BCUT2D eigenvalue weighted by molar-refractivity contribution is -0.131. The van der Waals surface area contributed by atoms with Crippen molar-refractivity contribution < 1.29 is 23.9 Å². The van der Waals surface area contributed by atoms with Gasteiger partial charge in [0.25, 0.3) is 0 Å². The maximum Gasteiger partial charge on any atom is 0.338 e. The molecular formula is C27H25Cl2N3O5. The minimum absolute atomic E-state index is 0.0321. The molecule has 2 aromatic rings. The molecule has 1 unspecified atom stereocenters. The Labute approximate surface area is 224 Å². The van der Waals surface area contributed by atoms with Crippen LogP contribution in [0, 0.1) is 5.92 Å².